The molecule has 2 nitrogen and oxygen atoms in total. The van der Waals surface area contributed by atoms with Crippen LogP contribution in [-0.4, -0.2) is 4.57 Å². The Morgan fingerprint density at radius 2 is 1.80 bits per heavy atom. The fourth-order valence-electron chi connectivity index (χ4n) is 2.22. The second-order valence-electron chi connectivity index (χ2n) is 4.61. The van der Waals surface area contributed by atoms with Gasteiger partial charge in [-0.1, -0.05) is 30.0 Å². The number of para-hydroxylation sites is 1. The molecule has 0 N–H and O–H groups in total. The van der Waals surface area contributed by atoms with Gasteiger partial charge >= 0.3 is 0 Å². The summed E-state index contributed by atoms with van der Waals surface area (Å²) in [5, 5.41) is 0. The Morgan fingerprint density at radius 3 is 2.50 bits per heavy atom. The maximum Gasteiger partial charge on any atom is 0.241 e. The first-order chi connectivity index (χ1) is 9.25. The molecule has 3 aromatic rings. The Hall–Kier alpha value is -1.25. The second kappa shape index (κ2) is 6.47. The van der Waals surface area contributed by atoms with E-state index < -0.39 is 0 Å². The van der Waals surface area contributed by atoms with Crippen molar-refractivity contribution >= 4 is 0 Å². The third-order valence-corrected chi connectivity index (χ3v) is 3.24. The summed E-state index contributed by atoms with van der Waals surface area (Å²) in [4.78, 5) is 0. The van der Waals surface area contributed by atoms with E-state index in [1.165, 1.54) is 11.1 Å². The molecule has 0 atom stereocenters. The summed E-state index contributed by atoms with van der Waals surface area (Å²) >= 11 is 0. The minimum Gasteiger partial charge on any atom is -0.348 e. The first-order valence-electron chi connectivity index (χ1n) is 6.29. The second-order valence-corrected chi connectivity index (χ2v) is 4.61. The molecule has 0 unspecified atom stereocenters. The number of benzene rings is 2. The third kappa shape index (κ3) is 2.92. The molecular formula is C17H15N2Y-. The molecule has 0 amide bonds. The molecule has 0 fully saturated rings. The number of aromatic nitrogens is 2. The number of rotatable bonds is 2. The predicted molar refractivity (Wildman–Crippen MR) is 74.8 cm³/mol. The molecule has 3 rings (SSSR count). The molecule has 0 spiro atoms. The molecule has 1 heterocycles. The van der Waals surface area contributed by atoms with Crippen LogP contribution < -0.4 is 4.57 Å². The van der Waals surface area contributed by atoms with Crippen LogP contribution in [-0.2, 0) is 39.8 Å². The summed E-state index contributed by atoms with van der Waals surface area (Å²) < 4.78 is 3.99. The third-order valence-electron chi connectivity index (χ3n) is 3.24. The first kappa shape index (κ1) is 15.1. The van der Waals surface area contributed by atoms with Crippen LogP contribution in [0.1, 0.15) is 5.56 Å². The SMILES string of the molecule is Cc1ccccc1-c1cn(-c2[c-]cccc2)[c-][n+]1C.[Y]. The smallest absolute Gasteiger partial charge is 0.241 e. The topological polar surface area (TPSA) is 8.81 Å². The number of nitrogens with zero attached hydrogens (tertiary/aromatic N) is 2. The molecule has 1 aromatic heterocycles. The van der Waals surface area contributed by atoms with E-state index in [1.54, 1.807) is 0 Å². The molecule has 0 saturated heterocycles. The van der Waals surface area contributed by atoms with Gasteiger partial charge < -0.3 is 9.13 Å². The van der Waals surface area contributed by atoms with E-state index >= 15 is 0 Å². The largest absolute Gasteiger partial charge is 0.348 e. The molecule has 20 heavy (non-hydrogen) atoms. The maximum absolute atomic E-state index is 3.29. The monoisotopic (exact) mass is 336 g/mol. The van der Waals surface area contributed by atoms with Gasteiger partial charge in [0.15, 0.2) is 0 Å². The van der Waals surface area contributed by atoms with Crippen LogP contribution in [0.3, 0.4) is 0 Å². The quantitative estimate of drug-likeness (QED) is 0.503. The summed E-state index contributed by atoms with van der Waals surface area (Å²) in [6, 6.07) is 19.5. The normalized spacial score (nSPS) is 10.1. The van der Waals surface area contributed by atoms with Crippen molar-refractivity contribution in [3.63, 3.8) is 0 Å². The fraction of sp³-hybridized carbons (Fsp3) is 0.118. The molecule has 0 saturated carbocycles. The zero-order chi connectivity index (χ0) is 13.2. The van der Waals surface area contributed by atoms with Crippen molar-refractivity contribution < 1.29 is 37.3 Å². The molecule has 0 aliphatic carbocycles. The van der Waals surface area contributed by atoms with Crippen molar-refractivity contribution in [1.82, 2.24) is 4.57 Å². The van der Waals surface area contributed by atoms with E-state index in [4.69, 9.17) is 0 Å². The Bertz CT molecular complexity index is 702. The minimum absolute atomic E-state index is 0. The summed E-state index contributed by atoms with van der Waals surface area (Å²) in [5.41, 5.74) is 4.64. The maximum atomic E-state index is 3.29. The first-order valence-corrected chi connectivity index (χ1v) is 6.29. The van der Waals surface area contributed by atoms with E-state index in [2.05, 4.69) is 49.8 Å². The number of aryl methyl sites for hydroxylation is 2. The zero-order valence-electron chi connectivity index (χ0n) is 11.7. The van der Waals surface area contributed by atoms with Gasteiger partial charge in [0.2, 0.25) is 6.33 Å². The average Bonchev–Trinajstić information content (AvgIpc) is 2.82. The fourth-order valence-corrected chi connectivity index (χ4v) is 2.22. The number of hydrogen-bond acceptors (Lipinski definition) is 0. The summed E-state index contributed by atoms with van der Waals surface area (Å²) in [5.74, 6) is 0. The van der Waals surface area contributed by atoms with Gasteiger partial charge in [-0.05, 0) is 18.1 Å². The number of hydrogen-bond donors (Lipinski definition) is 0. The van der Waals surface area contributed by atoms with Crippen LogP contribution in [0.4, 0.5) is 0 Å². The van der Waals surface area contributed by atoms with Crippen LogP contribution in [0.2, 0.25) is 0 Å². The van der Waals surface area contributed by atoms with Gasteiger partial charge in [-0.15, -0.1) is 0 Å². The van der Waals surface area contributed by atoms with Crippen molar-refractivity contribution in [3.8, 4) is 16.9 Å². The van der Waals surface area contributed by atoms with Crippen molar-refractivity contribution in [2.75, 3.05) is 0 Å². The standard InChI is InChI=1S/C17H15N2.Y/c1-14-8-6-7-11-16(14)17-12-19(13-18(17)2)15-9-4-3-5-10-15;/h3-9,11-12H,1-2H3;/q-1;. The van der Waals surface area contributed by atoms with Gasteiger partial charge in [0.1, 0.15) is 0 Å². The van der Waals surface area contributed by atoms with Crippen LogP contribution >= 0.6 is 0 Å². The van der Waals surface area contributed by atoms with Crippen molar-refractivity contribution in [2.24, 2.45) is 7.05 Å². The predicted octanol–water partition coefficient (Wildman–Crippen LogP) is 2.88. The van der Waals surface area contributed by atoms with Gasteiger partial charge in [-0.2, -0.15) is 30.3 Å². The molecular weight excluding hydrogens is 321 g/mol. The van der Waals surface area contributed by atoms with Crippen LogP contribution in [0.5, 0.6) is 0 Å². The van der Waals surface area contributed by atoms with Crippen LogP contribution in [0, 0.1) is 19.3 Å². The molecule has 0 aliphatic heterocycles. The number of imidazole rings is 1. The van der Waals surface area contributed by atoms with Crippen molar-refractivity contribution in [3.05, 3.63) is 72.7 Å². The molecule has 1 radical (unpaired) electrons. The Balaban J connectivity index is 0.00000147. The Kier molecular flexibility index (Phi) is 4.90. The van der Waals surface area contributed by atoms with Gasteiger partial charge in [-0.25, -0.2) is 0 Å². The van der Waals surface area contributed by atoms with Crippen LogP contribution in [0.25, 0.3) is 16.9 Å². The summed E-state index contributed by atoms with van der Waals surface area (Å²) in [6.07, 6.45) is 5.38. The average molecular weight is 336 g/mol. The summed E-state index contributed by atoms with van der Waals surface area (Å²) in [7, 11) is 2.02. The van der Waals surface area contributed by atoms with Gasteiger partial charge in [-0.3, -0.25) is 0 Å². The zero-order valence-corrected chi connectivity index (χ0v) is 14.5. The molecule has 0 bridgehead atoms. The van der Waals surface area contributed by atoms with Crippen molar-refractivity contribution in [1.29, 1.82) is 0 Å². The van der Waals surface area contributed by atoms with Gasteiger partial charge in [0, 0.05) is 38.9 Å². The Labute approximate surface area is 145 Å². The van der Waals surface area contributed by atoms with Gasteiger partial charge in [0.05, 0.1) is 12.7 Å². The molecule has 0 aliphatic rings. The molecule has 97 valence electrons. The minimum atomic E-state index is 0. The van der Waals surface area contributed by atoms with Gasteiger partial charge in [0.25, 0.3) is 0 Å². The van der Waals surface area contributed by atoms with Crippen LogP contribution in [0.15, 0.2) is 54.7 Å². The Morgan fingerprint density at radius 1 is 1.05 bits per heavy atom. The molecule has 3 heteroatoms. The van der Waals surface area contributed by atoms with E-state index in [0.29, 0.717) is 0 Å². The molecule has 2 aromatic carbocycles. The summed E-state index contributed by atoms with van der Waals surface area (Å²) in [6.45, 7) is 2.13. The van der Waals surface area contributed by atoms with E-state index in [-0.39, 0.29) is 32.7 Å². The van der Waals surface area contributed by atoms with E-state index in [0.717, 1.165) is 11.4 Å². The van der Waals surface area contributed by atoms with E-state index in [9.17, 15) is 0 Å². The van der Waals surface area contributed by atoms with Crippen molar-refractivity contribution in [2.45, 2.75) is 6.92 Å². The van der Waals surface area contributed by atoms with E-state index in [1.807, 2.05) is 40.4 Å².